The predicted octanol–water partition coefficient (Wildman–Crippen LogP) is 4.17. The number of nitrogens with one attached hydrogen (secondary N) is 1. The van der Waals surface area contributed by atoms with Crippen molar-refractivity contribution in [1.29, 1.82) is 0 Å². The average Bonchev–Trinajstić information content (AvgIpc) is 3.44. The molecule has 9 heteroatoms. The van der Waals surface area contributed by atoms with Crippen molar-refractivity contribution < 1.29 is 9.47 Å². The second-order valence-electron chi connectivity index (χ2n) is 9.43. The second kappa shape index (κ2) is 8.96. The average molecular weight is 462 g/mol. The topological polar surface area (TPSA) is 91.4 Å². The van der Waals surface area contributed by atoms with Crippen molar-refractivity contribution >= 4 is 22.6 Å². The standard InChI is InChI=1S/C25H31N7O2/c1-16-28-24-22(32(16)19-8-11-34-12-9-19)13-17(14-26-24)21-7-10-31-23(21)15-27-25(30-31)29-18-3-5-20(33-2)6-4-18/h7,10,13-15,18-20H,3-6,8-9,11-12H2,1-2H3,(H,29,30)/t18-,20+. The Morgan fingerprint density at radius 1 is 1.03 bits per heavy atom. The number of aryl methyl sites for hydroxylation is 1. The summed E-state index contributed by atoms with van der Waals surface area (Å²) in [6.07, 6.45) is 12.5. The van der Waals surface area contributed by atoms with Gasteiger partial charge >= 0.3 is 0 Å². The van der Waals surface area contributed by atoms with Crippen LogP contribution in [-0.2, 0) is 9.47 Å². The van der Waals surface area contributed by atoms with Gasteiger partial charge in [-0.05, 0) is 57.6 Å². The maximum atomic E-state index is 5.57. The van der Waals surface area contributed by atoms with Crippen LogP contribution in [0.2, 0.25) is 0 Å². The molecule has 1 aliphatic heterocycles. The van der Waals surface area contributed by atoms with Gasteiger partial charge in [0.15, 0.2) is 5.65 Å². The van der Waals surface area contributed by atoms with Crippen LogP contribution in [0.1, 0.15) is 50.4 Å². The molecular weight excluding hydrogens is 430 g/mol. The van der Waals surface area contributed by atoms with Crippen LogP contribution in [-0.4, -0.2) is 61.6 Å². The second-order valence-corrected chi connectivity index (χ2v) is 9.43. The highest BCUT2D eigenvalue weighted by Crippen LogP contribution is 2.31. The first kappa shape index (κ1) is 21.5. The molecule has 1 saturated carbocycles. The molecule has 4 aromatic heterocycles. The Balaban J connectivity index is 1.28. The Morgan fingerprint density at radius 3 is 2.65 bits per heavy atom. The lowest BCUT2D eigenvalue weighted by Gasteiger charge is -2.28. The molecule has 0 spiro atoms. The van der Waals surface area contributed by atoms with Gasteiger partial charge in [-0.25, -0.2) is 19.5 Å². The number of nitrogens with zero attached hydrogens (tertiary/aromatic N) is 6. The highest BCUT2D eigenvalue weighted by Gasteiger charge is 2.23. The number of hydrogen-bond donors (Lipinski definition) is 1. The molecule has 0 aromatic carbocycles. The summed E-state index contributed by atoms with van der Waals surface area (Å²) in [5, 5.41) is 8.23. The highest BCUT2D eigenvalue weighted by molar-refractivity contribution is 5.85. The van der Waals surface area contributed by atoms with Crippen molar-refractivity contribution in [2.24, 2.45) is 0 Å². The number of anilines is 1. The van der Waals surface area contributed by atoms with Crippen molar-refractivity contribution in [3.05, 3.63) is 36.5 Å². The summed E-state index contributed by atoms with van der Waals surface area (Å²) in [6, 6.07) is 5.08. The summed E-state index contributed by atoms with van der Waals surface area (Å²) in [6.45, 7) is 3.65. The largest absolute Gasteiger partial charge is 0.381 e. The number of fused-ring (bicyclic) bond motifs is 2. The van der Waals surface area contributed by atoms with Crippen LogP contribution >= 0.6 is 0 Å². The van der Waals surface area contributed by atoms with Crippen molar-refractivity contribution in [1.82, 2.24) is 29.1 Å². The third-order valence-electron chi connectivity index (χ3n) is 7.35. The first-order valence-electron chi connectivity index (χ1n) is 12.3. The van der Waals surface area contributed by atoms with Gasteiger partial charge in [0.05, 0.1) is 23.3 Å². The van der Waals surface area contributed by atoms with E-state index < -0.39 is 0 Å². The summed E-state index contributed by atoms with van der Waals surface area (Å²) < 4.78 is 15.3. The van der Waals surface area contributed by atoms with Crippen LogP contribution in [0.15, 0.2) is 30.7 Å². The monoisotopic (exact) mass is 461 g/mol. The third kappa shape index (κ3) is 3.92. The first-order chi connectivity index (χ1) is 16.7. The lowest BCUT2D eigenvalue weighted by Crippen LogP contribution is -2.30. The lowest BCUT2D eigenvalue weighted by atomic mass is 9.93. The zero-order valence-electron chi connectivity index (χ0n) is 19.8. The lowest BCUT2D eigenvalue weighted by molar-refractivity contribution is 0.0681. The van der Waals surface area contributed by atoms with Crippen LogP contribution in [0.25, 0.3) is 27.8 Å². The van der Waals surface area contributed by atoms with E-state index in [4.69, 9.17) is 24.5 Å². The van der Waals surface area contributed by atoms with Gasteiger partial charge in [-0.15, -0.1) is 5.10 Å². The molecule has 9 nitrogen and oxygen atoms in total. The van der Waals surface area contributed by atoms with Crippen LogP contribution in [0, 0.1) is 6.92 Å². The summed E-state index contributed by atoms with van der Waals surface area (Å²) in [5.74, 6) is 1.67. The van der Waals surface area contributed by atoms with Gasteiger partial charge in [0.25, 0.3) is 0 Å². The molecule has 178 valence electrons. The van der Waals surface area contributed by atoms with E-state index in [2.05, 4.69) is 33.9 Å². The molecule has 1 N–H and O–H groups in total. The van der Waals surface area contributed by atoms with E-state index in [1.165, 1.54) is 0 Å². The Kier molecular flexibility index (Phi) is 5.66. The van der Waals surface area contributed by atoms with E-state index in [1.54, 1.807) is 7.11 Å². The van der Waals surface area contributed by atoms with Crippen molar-refractivity contribution in [3.63, 3.8) is 0 Å². The Hall–Kier alpha value is -3.04. The third-order valence-corrected chi connectivity index (χ3v) is 7.35. The van der Waals surface area contributed by atoms with E-state index in [1.807, 2.05) is 23.1 Å². The number of rotatable bonds is 5. The molecule has 0 unspecified atom stereocenters. The Bertz CT molecular complexity index is 1300. The molecule has 0 atom stereocenters. The quantitative estimate of drug-likeness (QED) is 0.477. The van der Waals surface area contributed by atoms with E-state index in [-0.39, 0.29) is 0 Å². The van der Waals surface area contributed by atoms with Gasteiger partial charge in [0.2, 0.25) is 5.95 Å². The van der Waals surface area contributed by atoms with Gasteiger partial charge in [-0.3, -0.25) is 0 Å². The van der Waals surface area contributed by atoms with E-state index in [0.29, 0.717) is 24.1 Å². The van der Waals surface area contributed by atoms with Gasteiger partial charge in [0.1, 0.15) is 5.82 Å². The van der Waals surface area contributed by atoms with Crippen LogP contribution in [0.3, 0.4) is 0 Å². The van der Waals surface area contributed by atoms with Crippen molar-refractivity contribution in [2.45, 2.75) is 63.6 Å². The molecule has 0 amide bonds. The van der Waals surface area contributed by atoms with Gasteiger partial charge in [0, 0.05) is 55.9 Å². The van der Waals surface area contributed by atoms with Gasteiger partial charge in [-0.2, -0.15) is 0 Å². The van der Waals surface area contributed by atoms with Crippen LogP contribution in [0.5, 0.6) is 0 Å². The normalized spacial score (nSPS) is 21.9. The van der Waals surface area contributed by atoms with Gasteiger partial charge < -0.3 is 19.4 Å². The molecule has 6 rings (SSSR count). The Labute approximate surface area is 198 Å². The fourth-order valence-corrected chi connectivity index (χ4v) is 5.48. The molecule has 0 bridgehead atoms. The number of hydrogen-bond acceptors (Lipinski definition) is 7. The molecule has 5 heterocycles. The maximum absolute atomic E-state index is 5.57. The molecule has 4 aromatic rings. The first-order valence-corrected chi connectivity index (χ1v) is 12.3. The minimum absolute atomic E-state index is 0.381. The molecule has 2 fully saturated rings. The van der Waals surface area contributed by atoms with E-state index in [0.717, 1.165) is 85.4 Å². The zero-order valence-corrected chi connectivity index (χ0v) is 19.8. The number of imidazole rings is 1. The number of ether oxygens (including phenoxy) is 2. The summed E-state index contributed by atoms with van der Waals surface area (Å²) in [4.78, 5) is 14.0. The minimum Gasteiger partial charge on any atom is -0.381 e. The van der Waals surface area contributed by atoms with Crippen LogP contribution < -0.4 is 5.32 Å². The number of aromatic nitrogens is 6. The predicted molar refractivity (Wildman–Crippen MR) is 130 cm³/mol. The van der Waals surface area contributed by atoms with Crippen molar-refractivity contribution in [2.75, 3.05) is 25.6 Å². The van der Waals surface area contributed by atoms with Gasteiger partial charge in [-0.1, -0.05) is 0 Å². The molecule has 1 aliphatic carbocycles. The molecule has 1 saturated heterocycles. The van der Waals surface area contributed by atoms with E-state index in [9.17, 15) is 0 Å². The zero-order chi connectivity index (χ0) is 23.1. The Morgan fingerprint density at radius 2 is 1.85 bits per heavy atom. The maximum Gasteiger partial charge on any atom is 0.241 e. The highest BCUT2D eigenvalue weighted by atomic mass is 16.5. The minimum atomic E-state index is 0.381. The molecule has 2 aliphatic rings. The number of methoxy groups -OCH3 is 1. The summed E-state index contributed by atoms with van der Waals surface area (Å²) in [7, 11) is 1.80. The SMILES string of the molecule is CO[C@H]1CC[C@@H](Nc2ncc3c(-c4cnc5nc(C)n(C6CCOCC6)c5c4)ccn3n2)CC1. The molecule has 0 radical (unpaired) electrons. The van der Waals surface area contributed by atoms with Crippen LogP contribution in [0.4, 0.5) is 5.95 Å². The van der Waals surface area contributed by atoms with Crippen molar-refractivity contribution in [3.8, 4) is 11.1 Å². The van der Waals surface area contributed by atoms with E-state index >= 15 is 0 Å². The number of pyridine rings is 1. The smallest absolute Gasteiger partial charge is 0.241 e. The molecule has 34 heavy (non-hydrogen) atoms. The fraction of sp³-hybridized carbons (Fsp3) is 0.520. The molecular formula is C25H31N7O2. The summed E-state index contributed by atoms with van der Waals surface area (Å²) in [5.41, 5.74) is 4.95. The summed E-state index contributed by atoms with van der Waals surface area (Å²) >= 11 is 0. The fourth-order valence-electron chi connectivity index (χ4n) is 5.48.